The van der Waals surface area contributed by atoms with Gasteiger partial charge < -0.3 is 19.5 Å². The molecule has 1 fully saturated rings. The molecule has 192 valence electrons. The fourth-order valence-electron chi connectivity index (χ4n) is 5.12. The monoisotopic (exact) mass is 511 g/mol. The fraction of sp³-hybridized carbons (Fsp3) is 0.296. The summed E-state index contributed by atoms with van der Waals surface area (Å²) in [7, 11) is 1.69. The molecule has 2 aromatic carbocycles. The van der Waals surface area contributed by atoms with Crippen molar-refractivity contribution in [2.45, 2.75) is 44.5 Å². The van der Waals surface area contributed by atoms with E-state index in [4.69, 9.17) is 4.74 Å². The summed E-state index contributed by atoms with van der Waals surface area (Å²) in [5.41, 5.74) is -0.844. The smallest absolute Gasteiger partial charge is 0.274 e. The van der Waals surface area contributed by atoms with Gasteiger partial charge in [0.1, 0.15) is 29.6 Å². The summed E-state index contributed by atoms with van der Waals surface area (Å²) in [6.45, 7) is -0.614. The number of hydrogen-bond acceptors (Lipinski definition) is 4. The maximum Gasteiger partial charge on any atom is 0.274 e. The van der Waals surface area contributed by atoms with Crippen molar-refractivity contribution in [1.82, 2.24) is 14.8 Å². The molecule has 5 rings (SSSR count). The molecule has 3 aromatic rings. The van der Waals surface area contributed by atoms with E-state index in [0.29, 0.717) is 12.1 Å². The summed E-state index contributed by atoms with van der Waals surface area (Å²) in [6.07, 6.45) is 3.71. The Morgan fingerprint density at radius 3 is 2.43 bits per heavy atom. The van der Waals surface area contributed by atoms with Crippen LogP contribution in [0.25, 0.3) is 0 Å². The van der Waals surface area contributed by atoms with Crippen molar-refractivity contribution in [2.24, 2.45) is 0 Å². The second-order valence-corrected chi connectivity index (χ2v) is 9.24. The van der Waals surface area contributed by atoms with E-state index < -0.39 is 40.9 Å². The van der Waals surface area contributed by atoms with Crippen molar-refractivity contribution < 1.29 is 27.5 Å². The third-order valence-electron chi connectivity index (χ3n) is 7.02. The molecule has 7 nitrogen and oxygen atoms in total. The first-order valence-corrected chi connectivity index (χ1v) is 11.9. The Balaban J connectivity index is 1.53. The summed E-state index contributed by atoms with van der Waals surface area (Å²) < 4.78 is 48.9. The zero-order valence-electron chi connectivity index (χ0n) is 20.0. The van der Waals surface area contributed by atoms with Crippen LogP contribution in [0, 0.1) is 17.5 Å². The normalized spacial score (nSPS) is 18.4. The Morgan fingerprint density at radius 1 is 1.05 bits per heavy atom. The number of benzene rings is 2. The van der Waals surface area contributed by atoms with Gasteiger partial charge in [-0.1, -0.05) is 30.3 Å². The third-order valence-corrected chi connectivity index (χ3v) is 7.02. The lowest BCUT2D eigenvalue weighted by Crippen LogP contribution is -2.48. The molecule has 37 heavy (non-hydrogen) atoms. The lowest BCUT2D eigenvalue weighted by atomic mass is 10.0. The minimum absolute atomic E-state index is 0.00869. The lowest BCUT2D eigenvalue weighted by molar-refractivity contribution is 0.0613. The number of likely N-dealkylation sites (N-methyl/N-ethyl adjacent to an activating group) is 1. The second kappa shape index (κ2) is 9.76. The summed E-state index contributed by atoms with van der Waals surface area (Å²) >= 11 is 0. The van der Waals surface area contributed by atoms with Crippen LogP contribution in [0.4, 0.5) is 13.2 Å². The first-order valence-electron chi connectivity index (χ1n) is 11.9. The van der Waals surface area contributed by atoms with E-state index in [1.165, 1.54) is 6.20 Å². The molecule has 10 heteroatoms. The van der Waals surface area contributed by atoms with Crippen LogP contribution in [0.15, 0.2) is 53.5 Å². The summed E-state index contributed by atoms with van der Waals surface area (Å²) in [4.78, 5) is 41.5. The number of halogens is 3. The van der Waals surface area contributed by atoms with Gasteiger partial charge in [0, 0.05) is 37.5 Å². The minimum atomic E-state index is -1.16. The Labute approximate surface area is 210 Å². The van der Waals surface area contributed by atoms with Crippen molar-refractivity contribution in [3.8, 4) is 5.75 Å². The Hall–Kier alpha value is -4.08. The molecule has 0 spiro atoms. The average Bonchev–Trinajstić information content (AvgIpc) is 3.36. The van der Waals surface area contributed by atoms with Crippen molar-refractivity contribution in [3.63, 3.8) is 0 Å². The molecule has 2 atom stereocenters. The van der Waals surface area contributed by atoms with Crippen molar-refractivity contribution in [1.29, 1.82) is 0 Å². The van der Waals surface area contributed by atoms with Gasteiger partial charge in [0.15, 0.2) is 11.4 Å². The van der Waals surface area contributed by atoms with E-state index in [9.17, 15) is 27.6 Å². The summed E-state index contributed by atoms with van der Waals surface area (Å²) in [5.74, 6) is -4.93. The Kier molecular flexibility index (Phi) is 6.49. The molecule has 0 bridgehead atoms. The molecule has 0 radical (unpaired) electrons. The average molecular weight is 512 g/mol. The molecule has 2 aliphatic rings. The number of rotatable bonds is 6. The van der Waals surface area contributed by atoms with Gasteiger partial charge in [-0.2, -0.15) is 0 Å². The Bertz CT molecular complexity index is 1420. The molecule has 0 unspecified atom stereocenters. The number of ether oxygens (including phenoxy) is 1. The van der Waals surface area contributed by atoms with Gasteiger partial charge in [-0.3, -0.25) is 14.4 Å². The van der Waals surface area contributed by atoms with Gasteiger partial charge in [-0.05, 0) is 24.8 Å². The van der Waals surface area contributed by atoms with Gasteiger partial charge >= 0.3 is 0 Å². The van der Waals surface area contributed by atoms with Crippen molar-refractivity contribution in [3.05, 3.63) is 98.7 Å². The fourth-order valence-corrected chi connectivity index (χ4v) is 5.12. The van der Waals surface area contributed by atoms with Crippen LogP contribution in [0.3, 0.4) is 0 Å². The number of aromatic nitrogens is 1. The molecular weight excluding hydrogens is 487 g/mol. The summed E-state index contributed by atoms with van der Waals surface area (Å²) in [6, 6.07) is 9.81. The number of nitrogens with one attached hydrogen (secondary N) is 1. The van der Waals surface area contributed by atoms with Gasteiger partial charge in [-0.25, -0.2) is 13.2 Å². The van der Waals surface area contributed by atoms with E-state index >= 15 is 0 Å². The molecule has 2 amide bonds. The number of amides is 2. The van der Waals surface area contributed by atoms with Crippen LogP contribution < -0.4 is 15.5 Å². The highest BCUT2D eigenvalue weighted by molar-refractivity contribution is 5.99. The molecular formula is C27H24F3N3O4. The van der Waals surface area contributed by atoms with Gasteiger partial charge in [0.05, 0.1) is 12.1 Å². The van der Waals surface area contributed by atoms with E-state index in [1.54, 1.807) is 40.8 Å². The third kappa shape index (κ3) is 4.47. The van der Waals surface area contributed by atoms with E-state index in [1.807, 2.05) is 6.07 Å². The molecule has 2 heterocycles. The second-order valence-electron chi connectivity index (χ2n) is 9.24. The van der Waals surface area contributed by atoms with Gasteiger partial charge in [-0.15, -0.1) is 0 Å². The van der Waals surface area contributed by atoms with Gasteiger partial charge in [0.25, 0.3) is 11.8 Å². The van der Waals surface area contributed by atoms with Crippen molar-refractivity contribution in [2.75, 3.05) is 7.05 Å². The van der Waals surface area contributed by atoms with E-state index in [2.05, 4.69) is 5.32 Å². The lowest BCUT2D eigenvalue weighted by Gasteiger charge is -2.38. The van der Waals surface area contributed by atoms with E-state index in [0.717, 1.165) is 24.8 Å². The molecule has 1 N–H and O–H groups in total. The predicted octanol–water partition coefficient (Wildman–Crippen LogP) is 3.95. The molecule has 1 saturated carbocycles. The maximum absolute atomic E-state index is 14.1. The largest absolute Gasteiger partial charge is 0.483 e. The van der Waals surface area contributed by atoms with Crippen LogP contribution >= 0.6 is 0 Å². The molecule has 1 aromatic heterocycles. The number of nitrogens with zero attached hydrogens (tertiary/aromatic N) is 2. The minimum Gasteiger partial charge on any atom is -0.483 e. The number of fused-ring (bicyclic) bond motifs is 3. The molecule has 1 aliphatic carbocycles. The van der Waals surface area contributed by atoms with Crippen LogP contribution in [0.2, 0.25) is 0 Å². The highest BCUT2D eigenvalue weighted by atomic mass is 19.1. The molecule has 1 aliphatic heterocycles. The number of hydrogen-bond donors (Lipinski definition) is 1. The molecule has 0 saturated heterocycles. The number of pyridine rings is 1. The van der Waals surface area contributed by atoms with Gasteiger partial charge in [0.2, 0.25) is 5.43 Å². The standard InChI is InChI=1S/C27H24F3N3O4/c1-32-21-8-5-9-22(21)33-13-18(26(35)31-12-17-19(29)10-16(28)11-20(17)30)24(34)25(23(33)27(32)36)37-14-15-6-3-2-4-7-15/h2-4,6-7,10-11,13,21-22H,5,8-9,12,14H2,1H3,(H,31,35)/t21-,22+/m0/s1. The van der Waals surface area contributed by atoms with Crippen LogP contribution in [-0.4, -0.2) is 34.4 Å². The van der Waals surface area contributed by atoms with Crippen LogP contribution in [0.5, 0.6) is 5.75 Å². The number of carbonyl (C=O) groups excluding carboxylic acids is 2. The zero-order chi connectivity index (χ0) is 26.3. The SMILES string of the molecule is CN1C(=O)c2c(OCc3ccccc3)c(=O)c(C(=O)NCc3c(F)cc(F)cc3F)cn2[C@@H]2CCC[C@@H]21. The first-order chi connectivity index (χ1) is 17.8. The predicted molar refractivity (Wildman–Crippen MR) is 128 cm³/mol. The van der Waals surface area contributed by atoms with Crippen LogP contribution in [0.1, 0.15) is 57.3 Å². The number of carbonyl (C=O) groups is 2. The van der Waals surface area contributed by atoms with Crippen LogP contribution in [-0.2, 0) is 13.2 Å². The topological polar surface area (TPSA) is 80.6 Å². The highest BCUT2D eigenvalue weighted by Gasteiger charge is 2.43. The Morgan fingerprint density at radius 2 is 1.73 bits per heavy atom. The van der Waals surface area contributed by atoms with E-state index in [-0.39, 0.29) is 41.6 Å². The summed E-state index contributed by atoms with van der Waals surface area (Å²) in [5, 5.41) is 2.34. The highest BCUT2D eigenvalue weighted by Crippen LogP contribution is 2.40. The quantitative estimate of drug-likeness (QED) is 0.544. The van der Waals surface area contributed by atoms with Crippen molar-refractivity contribution >= 4 is 11.8 Å². The zero-order valence-corrected chi connectivity index (χ0v) is 20.0. The first kappa shape index (κ1) is 24.6. The maximum atomic E-state index is 14.1.